The molecule has 73 valence electrons. The van der Waals surface area contributed by atoms with Crippen LogP contribution < -0.4 is 5.73 Å². The van der Waals surface area contributed by atoms with E-state index in [1.807, 2.05) is 0 Å². The van der Waals surface area contributed by atoms with Crippen LogP contribution in [0.3, 0.4) is 0 Å². The maximum atomic E-state index is 6.08. The van der Waals surface area contributed by atoms with E-state index in [0.29, 0.717) is 5.41 Å². The lowest BCUT2D eigenvalue weighted by molar-refractivity contribution is -0.0595. The van der Waals surface area contributed by atoms with Crippen LogP contribution in [0.1, 0.15) is 38.5 Å². The first-order valence-corrected chi connectivity index (χ1v) is 5.77. The highest BCUT2D eigenvalue weighted by Gasteiger charge is 2.52. The zero-order chi connectivity index (χ0) is 9.05. The van der Waals surface area contributed by atoms with Gasteiger partial charge in [-0.05, 0) is 68.6 Å². The van der Waals surface area contributed by atoms with Gasteiger partial charge in [0, 0.05) is 6.04 Å². The van der Waals surface area contributed by atoms with Crippen LogP contribution in [0.2, 0.25) is 0 Å². The van der Waals surface area contributed by atoms with E-state index < -0.39 is 0 Å². The van der Waals surface area contributed by atoms with E-state index >= 15 is 0 Å². The summed E-state index contributed by atoms with van der Waals surface area (Å²) in [5.41, 5.74) is 6.55. The van der Waals surface area contributed by atoms with E-state index in [2.05, 4.69) is 6.92 Å². The molecule has 0 aliphatic heterocycles. The van der Waals surface area contributed by atoms with Crippen molar-refractivity contribution in [1.29, 1.82) is 0 Å². The van der Waals surface area contributed by atoms with Crippen molar-refractivity contribution >= 4 is 0 Å². The zero-order valence-electron chi connectivity index (χ0n) is 8.34. The van der Waals surface area contributed by atoms with Gasteiger partial charge in [0.2, 0.25) is 0 Å². The van der Waals surface area contributed by atoms with E-state index in [4.69, 9.17) is 5.73 Å². The molecule has 4 aliphatic rings. The molecule has 4 rings (SSSR count). The van der Waals surface area contributed by atoms with E-state index in [1.54, 1.807) is 0 Å². The SMILES string of the molecule is [CH2]C(N)C12CC3CC(CC(C3)C1)C2. The third-order valence-electron chi connectivity index (χ3n) is 4.87. The molecule has 1 unspecified atom stereocenters. The zero-order valence-corrected chi connectivity index (χ0v) is 8.34. The topological polar surface area (TPSA) is 26.0 Å². The lowest BCUT2D eigenvalue weighted by Gasteiger charge is -2.58. The van der Waals surface area contributed by atoms with Gasteiger partial charge in [0.25, 0.3) is 0 Å². The Bertz CT molecular complexity index is 184. The minimum atomic E-state index is 0.195. The molecule has 4 saturated carbocycles. The van der Waals surface area contributed by atoms with Crippen LogP contribution in [0.4, 0.5) is 0 Å². The molecule has 4 bridgehead atoms. The lowest BCUT2D eigenvalue weighted by atomic mass is 9.48. The first-order valence-electron chi connectivity index (χ1n) is 5.77. The highest BCUT2D eigenvalue weighted by molar-refractivity contribution is 5.05. The molecule has 1 nitrogen and oxygen atoms in total. The van der Waals surface area contributed by atoms with Gasteiger partial charge >= 0.3 is 0 Å². The van der Waals surface area contributed by atoms with Crippen LogP contribution in [-0.2, 0) is 0 Å². The highest BCUT2D eigenvalue weighted by Crippen LogP contribution is 2.60. The molecule has 0 amide bonds. The van der Waals surface area contributed by atoms with Gasteiger partial charge in [0.1, 0.15) is 0 Å². The van der Waals surface area contributed by atoms with Crippen LogP contribution in [0, 0.1) is 30.1 Å². The Hall–Kier alpha value is -0.0400. The van der Waals surface area contributed by atoms with Gasteiger partial charge in [-0.3, -0.25) is 0 Å². The monoisotopic (exact) mass is 178 g/mol. The predicted octanol–water partition coefficient (Wildman–Crippen LogP) is 2.36. The van der Waals surface area contributed by atoms with Gasteiger partial charge in [0.15, 0.2) is 0 Å². The molecule has 0 aromatic heterocycles. The van der Waals surface area contributed by atoms with Crippen molar-refractivity contribution in [3.63, 3.8) is 0 Å². The Morgan fingerprint density at radius 3 is 1.69 bits per heavy atom. The van der Waals surface area contributed by atoms with Gasteiger partial charge in [-0.15, -0.1) is 0 Å². The third kappa shape index (κ3) is 1.09. The van der Waals surface area contributed by atoms with Gasteiger partial charge in [-0.1, -0.05) is 0 Å². The van der Waals surface area contributed by atoms with Crippen molar-refractivity contribution in [3.05, 3.63) is 6.92 Å². The van der Waals surface area contributed by atoms with E-state index in [0.717, 1.165) is 17.8 Å². The molecule has 0 spiro atoms. The molecule has 1 heteroatoms. The number of nitrogens with two attached hydrogens (primary N) is 1. The van der Waals surface area contributed by atoms with Crippen molar-refractivity contribution < 1.29 is 0 Å². The minimum Gasteiger partial charge on any atom is -0.327 e. The van der Waals surface area contributed by atoms with Crippen molar-refractivity contribution in [2.75, 3.05) is 0 Å². The maximum absolute atomic E-state index is 6.08. The fourth-order valence-electron chi connectivity index (χ4n) is 4.63. The second kappa shape index (κ2) is 2.50. The molecule has 0 saturated heterocycles. The molecule has 2 N–H and O–H groups in total. The summed E-state index contributed by atoms with van der Waals surface area (Å²) >= 11 is 0. The minimum absolute atomic E-state index is 0.195. The molecule has 4 aliphatic carbocycles. The van der Waals surface area contributed by atoms with Gasteiger partial charge in [-0.2, -0.15) is 0 Å². The van der Waals surface area contributed by atoms with E-state index in [1.165, 1.54) is 38.5 Å². The summed E-state index contributed by atoms with van der Waals surface area (Å²) in [6.07, 6.45) is 8.70. The Morgan fingerprint density at radius 2 is 1.38 bits per heavy atom. The maximum Gasteiger partial charge on any atom is 0.00964 e. The fourth-order valence-corrected chi connectivity index (χ4v) is 4.63. The second-order valence-corrected chi connectivity index (χ2v) is 5.89. The van der Waals surface area contributed by atoms with E-state index in [9.17, 15) is 0 Å². The van der Waals surface area contributed by atoms with Crippen LogP contribution in [0.5, 0.6) is 0 Å². The van der Waals surface area contributed by atoms with Crippen molar-refractivity contribution in [2.45, 2.75) is 44.6 Å². The van der Waals surface area contributed by atoms with Crippen LogP contribution in [0.25, 0.3) is 0 Å². The summed E-state index contributed by atoms with van der Waals surface area (Å²) in [5, 5.41) is 0. The highest BCUT2D eigenvalue weighted by atomic mass is 14.7. The smallest absolute Gasteiger partial charge is 0.00964 e. The summed E-state index contributed by atoms with van der Waals surface area (Å²) in [7, 11) is 0. The Kier molecular flexibility index (Phi) is 1.59. The predicted molar refractivity (Wildman–Crippen MR) is 53.9 cm³/mol. The molecule has 0 heterocycles. The van der Waals surface area contributed by atoms with Gasteiger partial charge in [0.05, 0.1) is 0 Å². The van der Waals surface area contributed by atoms with Crippen LogP contribution in [-0.4, -0.2) is 6.04 Å². The Morgan fingerprint density at radius 1 is 1.00 bits per heavy atom. The Labute approximate surface area is 81.1 Å². The average Bonchev–Trinajstić information content (AvgIpc) is 2.00. The summed E-state index contributed by atoms with van der Waals surface area (Å²) in [4.78, 5) is 0. The quantitative estimate of drug-likeness (QED) is 0.655. The molecule has 13 heavy (non-hydrogen) atoms. The normalized spacial score (nSPS) is 55.4. The Balaban J connectivity index is 1.91. The fraction of sp³-hybridized carbons (Fsp3) is 0.917. The summed E-state index contributed by atoms with van der Waals surface area (Å²) in [6, 6.07) is 0.195. The molecule has 1 atom stereocenters. The van der Waals surface area contributed by atoms with Crippen molar-refractivity contribution in [2.24, 2.45) is 28.9 Å². The molecule has 0 aromatic rings. The first kappa shape index (κ1) is 8.28. The van der Waals surface area contributed by atoms with Crippen LogP contribution >= 0.6 is 0 Å². The number of rotatable bonds is 1. The second-order valence-electron chi connectivity index (χ2n) is 5.89. The average molecular weight is 178 g/mol. The summed E-state index contributed by atoms with van der Waals surface area (Å²) in [6.45, 7) is 4.11. The van der Waals surface area contributed by atoms with Crippen molar-refractivity contribution in [3.8, 4) is 0 Å². The third-order valence-corrected chi connectivity index (χ3v) is 4.87. The number of hydrogen-bond donors (Lipinski definition) is 1. The standard InChI is InChI=1S/C12H20N/c1-8(13)12-5-9-2-10(6-12)4-11(3-9)7-12/h8-11H,1-7,13H2. The molecular formula is C12H20N. The van der Waals surface area contributed by atoms with Gasteiger partial charge in [-0.25, -0.2) is 0 Å². The summed E-state index contributed by atoms with van der Waals surface area (Å²) in [5.74, 6) is 3.04. The van der Waals surface area contributed by atoms with Crippen LogP contribution in [0.15, 0.2) is 0 Å². The number of hydrogen-bond acceptors (Lipinski definition) is 1. The summed E-state index contributed by atoms with van der Waals surface area (Å²) < 4.78 is 0. The lowest BCUT2D eigenvalue weighted by Crippen LogP contribution is -2.53. The molecule has 1 radical (unpaired) electrons. The van der Waals surface area contributed by atoms with Gasteiger partial charge < -0.3 is 5.73 Å². The molecule has 4 fully saturated rings. The largest absolute Gasteiger partial charge is 0.327 e. The molecular weight excluding hydrogens is 158 g/mol. The molecule has 0 aromatic carbocycles. The first-order chi connectivity index (χ1) is 6.18. The van der Waals surface area contributed by atoms with Crippen molar-refractivity contribution in [1.82, 2.24) is 0 Å². The van der Waals surface area contributed by atoms with E-state index in [-0.39, 0.29) is 6.04 Å².